The monoisotopic (exact) mass is 377 g/mol. The smallest absolute Gasteiger partial charge is 0.273 e. The molecule has 142 valence electrons. The number of hydrogen-bond acceptors (Lipinski definition) is 5. The van der Waals surface area contributed by atoms with Crippen LogP contribution in [0.1, 0.15) is 34.6 Å². The summed E-state index contributed by atoms with van der Waals surface area (Å²) in [5.41, 5.74) is 9.25. The van der Waals surface area contributed by atoms with Gasteiger partial charge in [0.15, 0.2) is 0 Å². The van der Waals surface area contributed by atoms with Crippen molar-refractivity contribution in [2.45, 2.75) is 19.0 Å². The minimum Gasteiger partial charge on any atom is -0.326 e. The Morgan fingerprint density at radius 3 is 2.68 bits per heavy atom. The molecule has 3 aromatic rings. The van der Waals surface area contributed by atoms with Gasteiger partial charge < -0.3 is 10.6 Å². The fourth-order valence-corrected chi connectivity index (χ4v) is 3.67. The number of amides is 1. The zero-order valence-corrected chi connectivity index (χ0v) is 15.2. The number of nitro groups is 1. The highest BCUT2D eigenvalue weighted by atomic mass is 16.6. The van der Waals surface area contributed by atoms with Gasteiger partial charge in [-0.1, -0.05) is 42.5 Å². The van der Waals surface area contributed by atoms with Crippen LogP contribution >= 0.6 is 0 Å². The van der Waals surface area contributed by atoms with Crippen molar-refractivity contribution in [2.24, 2.45) is 5.73 Å². The molecule has 1 aliphatic rings. The zero-order valence-electron chi connectivity index (χ0n) is 15.2. The van der Waals surface area contributed by atoms with E-state index in [-0.39, 0.29) is 17.6 Å². The van der Waals surface area contributed by atoms with Gasteiger partial charge in [0.1, 0.15) is 5.69 Å². The minimum atomic E-state index is -0.498. The molecular formula is C20H19N5O3. The van der Waals surface area contributed by atoms with E-state index in [1.165, 1.54) is 12.1 Å². The number of carbonyl (C=O) groups excluding carboxylic acids is 1. The van der Waals surface area contributed by atoms with E-state index < -0.39 is 11.0 Å². The van der Waals surface area contributed by atoms with Crippen LogP contribution in [0.4, 0.5) is 5.69 Å². The van der Waals surface area contributed by atoms with Gasteiger partial charge in [0, 0.05) is 35.8 Å². The molecule has 1 aliphatic heterocycles. The molecule has 2 heterocycles. The zero-order chi connectivity index (χ0) is 19.8. The lowest BCUT2D eigenvalue weighted by Crippen LogP contribution is -2.38. The van der Waals surface area contributed by atoms with Gasteiger partial charge in [-0.15, -0.1) is 0 Å². The van der Waals surface area contributed by atoms with E-state index in [9.17, 15) is 14.9 Å². The molecule has 2 atom stereocenters. The number of fused-ring (bicyclic) bond motifs is 1. The van der Waals surface area contributed by atoms with Crippen molar-refractivity contribution in [3.63, 3.8) is 0 Å². The molecule has 0 bridgehead atoms. The van der Waals surface area contributed by atoms with Gasteiger partial charge in [0.05, 0.1) is 16.7 Å². The SMILES string of the molecule is CC(N)CN1C(=O)c2[nH]nc(-c3ccccc3)c2C1c1cccc([N+](=O)[O-])c1. The van der Waals surface area contributed by atoms with Crippen LogP contribution in [0.5, 0.6) is 0 Å². The predicted molar refractivity (Wildman–Crippen MR) is 104 cm³/mol. The lowest BCUT2D eigenvalue weighted by atomic mass is 9.95. The fourth-order valence-electron chi connectivity index (χ4n) is 3.67. The van der Waals surface area contributed by atoms with Gasteiger partial charge in [-0.25, -0.2) is 0 Å². The highest BCUT2D eigenvalue weighted by Crippen LogP contribution is 2.43. The number of aromatic amines is 1. The molecule has 1 aromatic heterocycles. The van der Waals surface area contributed by atoms with Crippen LogP contribution in [0.15, 0.2) is 54.6 Å². The summed E-state index contributed by atoms with van der Waals surface area (Å²) in [4.78, 5) is 25.5. The van der Waals surface area contributed by atoms with Gasteiger partial charge >= 0.3 is 0 Å². The number of nitrogens with zero attached hydrogens (tertiary/aromatic N) is 3. The minimum absolute atomic E-state index is 0.0242. The molecule has 0 radical (unpaired) electrons. The third-order valence-electron chi connectivity index (χ3n) is 4.79. The Labute approximate surface area is 161 Å². The Balaban J connectivity index is 1.90. The Bertz CT molecular complexity index is 1050. The second kappa shape index (κ2) is 6.90. The first-order chi connectivity index (χ1) is 13.5. The molecule has 0 aliphatic carbocycles. The van der Waals surface area contributed by atoms with Gasteiger partial charge in [0.2, 0.25) is 0 Å². The summed E-state index contributed by atoms with van der Waals surface area (Å²) in [6, 6.07) is 15.1. The van der Waals surface area contributed by atoms with Crippen LogP contribution in [0, 0.1) is 10.1 Å². The third-order valence-corrected chi connectivity index (χ3v) is 4.79. The number of carbonyl (C=O) groups is 1. The fraction of sp³-hybridized carbons (Fsp3) is 0.200. The molecular weight excluding hydrogens is 358 g/mol. The second-order valence-corrected chi connectivity index (χ2v) is 6.92. The van der Waals surface area contributed by atoms with Gasteiger partial charge in [-0.2, -0.15) is 5.10 Å². The summed E-state index contributed by atoms with van der Waals surface area (Å²) in [5, 5.41) is 18.5. The van der Waals surface area contributed by atoms with Crippen molar-refractivity contribution >= 4 is 11.6 Å². The Hall–Kier alpha value is -3.52. The first-order valence-corrected chi connectivity index (χ1v) is 8.92. The number of benzene rings is 2. The van der Waals surface area contributed by atoms with Gasteiger partial charge in [0.25, 0.3) is 11.6 Å². The van der Waals surface area contributed by atoms with Crippen LogP contribution in [0.2, 0.25) is 0 Å². The summed E-state index contributed by atoms with van der Waals surface area (Å²) < 4.78 is 0. The maximum absolute atomic E-state index is 13.0. The summed E-state index contributed by atoms with van der Waals surface area (Å²) in [6.07, 6.45) is 0. The molecule has 2 unspecified atom stereocenters. The molecule has 0 spiro atoms. The number of nitrogens with one attached hydrogen (secondary N) is 1. The summed E-state index contributed by atoms with van der Waals surface area (Å²) in [6.45, 7) is 2.14. The van der Waals surface area contributed by atoms with Gasteiger partial charge in [-0.05, 0) is 12.5 Å². The van der Waals surface area contributed by atoms with E-state index in [2.05, 4.69) is 10.2 Å². The highest BCUT2D eigenvalue weighted by molar-refractivity contribution is 6.00. The first-order valence-electron chi connectivity index (χ1n) is 8.92. The molecule has 1 amide bonds. The molecule has 2 aromatic carbocycles. The number of hydrogen-bond donors (Lipinski definition) is 2. The highest BCUT2D eigenvalue weighted by Gasteiger charge is 2.42. The van der Waals surface area contributed by atoms with Crippen LogP contribution in [-0.2, 0) is 0 Å². The number of nitro benzene ring substituents is 1. The maximum atomic E-state index is 13.0. The lowest BCUT2D eigenvalue weighted by Gasteiger charge is -2.27. The predicted octanol–water partition coefficient (Wildman–Crippen LogP) is 2.88. The maximum Gasteiger partial charge on any atom is 0.273 e. The van der Waals surface area contributed by atoms with E-state index in [0.717, 1.165) is 11.1 Å². The van der Waals surface area contributed by atoms with Gasteiger partial charge in [-0.3, -0.25) is 20.0 Å². The van der Waals surface area contributed by atoms with E-state index in [1.54, 1.807) is 17.0 Å². The Kier molecular flexibility index (Phi) is 4.40. The standard InChI is InChI=1S/C20H19N5O3/c1-12(21)11-24-19(14-8-5-9-15(10-14)25(27)28)16-17(13-6-3-2-4-7-13)22-23-18(16)20(24)26/h2-10,12,19H,11,21H2,1H3,(H,22,23). The summed E-state index contributed by atoms with van der Waals surface area (Å²) in [5.74, 6) is -0.210. The number of nitrogens with two attached hydrogens (primary N) is 1. The average Bonchev–Trinajstić information content (AvgIpc) is 3.22. The third kappa shape index (κ3) is 2.93. The molecule has 28 heavy (non-hydrogen) atoms. The molecule has 8 heteroatoms. The Morgan fingerprint density at radius 1 is 1.25 bits per heavy atom. The van der Waals surface area contributed by atoms with Crippen molar-refractivity contribution in [1.82, 2.24) is 15.1 Å². The second-order valence-electron chi connectivity index (χ2n) is 6.92. The molecule has 0 saturated carbocycles. The van der Waals surface area contributed by atoms with E-state index in [4.69, 9.17) is 5.73 Å². The number of non-ortho nitro benzene ring substituents is 1. The molecule has 4 rings (SSSR count). The van der Waals surface area contributed by atoms with E-state index in [1.807, 2.05) is 37.3 Å². The average molecular weight is 377 g/mol. The van der Waals surface area contributed by atoms with Crippen LogP contribution in [0.25, 0.3) is 11.3 Å². The number of rotatable bonds is 5. The van der Waals surface area contributed by atoms with E-state index >= 15 is 0 Å². The van der Waals surface area contributed by atoms with Crippen LogP contribution < -0.4 is 5.73 Å². The Morgan fingerprint density at radius 2 is 2.00 bits per heavy atom. The van der Waals surface area contributed by atoms with Crippen molar-refractivity contribution < 1.29 is 9.72 Å². The molecule has 0 saturated heterocycles. The lowest BCUT2D eigenvalue weighted by molar-refractivity contribution is -0.384. The molecule has 3 N–H and O–H groups in total. The van der Waals surface area contributed by atoms with E-state index in [0.29, 0.717) is 23.5 Å². The summed E-state index contributed by atoms with van der Waals surface area (Å²) in [7, 11) is 0. The molecule has 8 nitrogen and oxygen atoms in total. The van der Waals surface area contributed by atoms with Crippen molar-refractivity contribution in [2.75, 3.05) is 6.54 Å². The topological polar surface area (TPSA) is 118 Å². The summed E-state index contributed by atoms with van der Waals surface area (Å²) >= 11 is 0. The van der Waals surface area contributed by atoms with Crippen molar-refractivity contribution in [3.8, 4) is 11.3 Å². The normalized spacial score (nSPS) is 16.9. The largest absolute Gasteiger partial charge is 0.326 e. The van der Waals surface area contributed by atoms with Crippen LogP contribution in [-0.4, -0.2) is 38.5 Å². The number of aromatic nitrogens is 2. The first kappa shape index (κ1) is 17.9. The van der Waals surface area contributed by atoms with Crippen molar-refractivity contribution in [3.05, 3.63) is 81.5 Å². The quantitative estimate of drug-likeness (QED) is 0.523. The van der Waals surface area contributed by atoms with Crippen molar-refractivity contribution in [1.29, 1.82) is 0 Å². The molecule has 0 fully saturated rings. The number of H-pyrrole nitrogens is 1. The van der Waals surface area contributed by atoms with Crippen LogP contribution in [0.3, 0.4) is 0 Å².